The first-order valence-corrected chi connectivity index (χ1v) is 4.41. The van der Waals surface area contributed by atoms with Gasteiger partial charge in [-0.1, -0.05) is 12.1 Å². The van der Waals surface area contributed by atoms with Crippen LogP contribution in [0.15, 0.2) is 24.3 Å². The average molecular weight is 222 g/mol. The molecule has 0 atom stereocenters. The van der Waals surface area contributed by atoms with Crippen molar-refractivity contribution in [2.75, 3.05) is 6.54 Å². The number of aromatic carboxylic acids is 1. The molecule has 1 aromatic rings. The summed E-state index contributed by atoms with van der Waals surface area (Å²) in [7, 11) is 0. The van der Waals surface area contributed by atoms with Gasteiger partial charge in [0, 0.05) is 0 Å². The van der Waals surface area contributed by atoms with Crippen molar-refractivity contribution in [3.63, 3.8) is 0 Å². The van der Waals surface area contributed by atoms with Gasteiger partial charge in [-0.2, -0.15) is 0 Å². The summed E-state index contributed by atoms with van der Waals surface area (Å²) in [4.78, 5) is 32.7. The number of carboxylic acids is 1. The lowest BCUT2D eigenvalue weighted by Crippen LogP contribution is -2.34. The van der Waals surface area contributed by atoms with E-state index in [0.717, 1.165) is 0 Å². The van der Waals surface area contributed by atoms with Crippen molar-refractivity contribution in [2.24, 2.45) is 5.73 Å². The third-order valence-electron chi connectivity index (χ3n) is 1.83. The Labute approximate surface area is 91.1 Å². The van der Waals surface area contributed by atoms with Gasteiger partial charge in [0.15, 0.2) is 0 Å². The highest BCUT2D eigenvalue weighted by molar-refractivity contribution is 6.05. The highest BCUT2D eigenvalue weighted by Gasteiger charge is 2.15. The molecular weight excluding hydrogens is 212 g/mol. The van der Waals surface area contributed by atoms with E-state index in [1.54, 1.807) is 0 Å². The van der Waals surface area contributed by atoms with Crippen LogP contribution in [0.3, 0.4) is 0 Å². The first kappa shape index (κ1) is 11.7. The van der Waals surface area contributed by atoms with Gasteiger partial charge in [-0.25, -0.2) is 4.79 Å². The van der Waals surface area contributed by atoms with Crippen molar-refractivity contribution >= 4 is 17.8 Å². The molecule has 1 rings (SSSR count). The minimum Gasteiger partial charge on any atom is -0.478 e. The maximum atomic E-state index is 11.5. The van der Waals surface area contributed by atoms with E-state index >= 15 is 0 Å². The van der Waals surface area contributed by atoms with Crippen molar-refractivity contribution in [1.29, 1.82) is 0 Å². The quantitative estimate of drug-likeness (QED) is 0.643. The van der Waals surface area contributed by atoms with Crippen LogP contribution in [0.5, 0.6) is 0 Å². The molecule has 1 aromatic carbocycles. The zero-order valence-corrected chi connectivity index (χ0v) is 8.27. The lowest BCUT2D eigenvalue weighted by molar-refractivity contribution is -0.117. The van der Waals surface area contributed by atoms with E-state index in [0.29, 0.717) is 0 Å². The first-order chi connectivity index (χ1) is 7.52. The van der Waals surface area contributed by atoms with Crippen molar-refractivity contribution in [3.05, 3.63) is 35.4 Å². The van der Waals surface area contributed by atoms with E-state index in [1.807, 2.05) is 0 Å². The molecule has 84 valence electrons. The number of hydrogen-bond donors (Lipinski definition) is 3. The van der Waals surface area contributed by atoms with Crippen LogP contribution >= 0.6 is 0 Å². The SMILES string of the molecule is NC(=O)CNC(=O)c1ccccc1C(=O)O. The zero-order chi connectivity index (χ0) is 12.1. The van der Waals surface area contributed by atoms with Crippen molar-refractivity contribution in [2.45, 2.75) is 0 Å². The Balaban J connectivity index is 2.90. The predicted octanol–water partition coefficient (Wildman–Crippen LogP) is -0.400. The highest BCUT2D eigenvalue weighted by atomic mass is 16.4. The van der Waals surface area contributed by atoms with Crippen LogP contribution in [0, 0.1) is 0 Å². The molecule has 0 aromatic heterocycles. The van der Waals surface area contributed by atoms with Crippen LogP contribution in [-0.4, -0.2) is 29.4 Å². The number of nitrogens with two attached hydrogens (primary N) is 1. The molecule has 0 saturated heterocycles. The molecule has 0 radical (unpaired) electrons. The lowest BCUT2D eigenvalue weighted by atomic mass is 10.1. The number of nitrogens with one attached hydrogen (secondary N) is 1. The van der Waals surface area contributed by atoms with Crippen LogP contribution in [-0.2, 0) is 4.79 Å². The fourth-order valence-corrected chi connectivity index (χ4v) is 1.13. The molecule has 4 N–H and O–H groups in total. The van der Waals surface area contributed by atoms with Crippen molar-refractivity contribution in [3.8, 4) is 0 Å². The van der Waals surface area contributed by atoms with Crippen LogP contribution in [0.1, 0.15) is 20.7 Å². The minimum absolute atomic E-state index is 0.00347. The highest BCUT2D eigenvalue weighted by Crippen LogP contribution is 2.08. The smallest absolute Gasteiger partial charge is 0.336 e. The standard InChI is InChI=1S/C10H10N2O4/c11-8(13)5-12-9(14)6-3-1-2-4-7(6)10(15)16/h1-4H,5H2,(H2,11,13)(H,12,14)(H,15,16). The number of carbonyl (C=O) groups is 3. The van der Waals surface area contributed by atoms with Crippen molar-refractivity contribution in [1.82, 2.24) is 5.32 Å². The predicted molar refractivity (Wildman–Crippen MR) is 54.9 cm³/mol. The molecule has 0 aliphatic carbocycles. The zero-order valence-electron chi connectivity index (χ0n) is 8.27. The number of carbonyl (C=O) groups excluding carboxylic acids is 2. The van der Waals surface area contributed by atoms with Crippen molar-refractivity contribution < 1.29 is 19.5 Å². The molecule has 0 fully saturated rings. The summed E-state index contributed by atoms with van der Waals surface area (Å²) in [6.07, 6.45) is 0. The molecule has 6 nitrogen and oxygen atoms in total. The van der Waals surface area contributed by atoms with E-state index in [9.17, 15) is 14.4 Å². The Morgan fingerprint density at radius 1 is 1.19 bits per heavy atom. The second-order valence-corrected chi connectivity index (χ2v) is 3.00. The fraction of sp³-hybridized carbons (Fsp3) is 0.100. The van der Waals surface area contributed by atoms with Gasteiger partial charge in [-0.15, -0.1) is 0 Å². The number of hydrogen-bond acceptors (Lipinski definition) is 3. The van der Waals surface area contributed by atoms with Gasteiger partial charge in [0.05, 0.1) is 17.7 Å². The normalized spacial score (nSPS) is 9.50. The monoisotopic (exact) mass is 222 g/mol. The molecule has 16 heavy (non-hydrogen) atoms. The van der Waals surface area contributed by atoms with E-state index in [-0.39, 0.29) is 17.7 Å². The Hall–Kier alpha value is -2.37. The Bertz CT molecular complexity index is 442. The van der Waals surface area contributed by atoms with Gasteiger partial charge < -0.3 is 16.2 Å². The summed E-state index contributed by atoms with van der Waals surface area (Å²) >= 11 is 0. The van der Waals surface area contributed by atoms with Gasteiger partial charge in [0.1, 0.15) is 0 Å². The fourth-order valence-electron chi connectivity index (χ4n) is 1.13. The number of amides is 2. The number of benzene rings is 1. The second-order valence-electron chi connectivity index (χ2n) is 3.00. The Morgan fingerprint density at radius 2 is 1.75 bits per heavy atom. The summed E-state index contributed by atoms with van der Waals surface area (Å²) in [6, 6.07) is 5.71. The summed E-state index contributed by atoms with van der Waals surface area (Å²) < 4.78 is 0. The topological polar surface area (TPSA) is 109 Å². The van der Waals surface area contributed by atoms with Gasteiger partial charge in [0.25, 0.3) is 5.91 Å². The molecular formula is C10H10N2O4. The summed E-state index contributed by atoms with van der Waals surface area (Å²) in [6.45, 7) is -0.327. The van der Waals surface area contributed by atoms with Gasteiger partial charge in [-0.05, 0) is 12.1 Å². The molecule has 0 unspecified atom stereocenters. The van der Waals surface area contributed by atoms with Crippen LogP contribution in [0.4, 0.5) is 0 Å². The molecule has 0 aliphatic rings. The summed E-state index contributed by atoms with van der Waals surface area (Å²) in [5.74, 6) is -2.54. The number of carboxylic acid groups (broad SMARTS) is 1. The Morgan fingerprint density at radius 3 is 2.25 bits per heavy atom. The average Bonchev–Trinajstić information content (AvgIpc) is 2.25. The molecule has 0 spiro atoms. The minimum atomic E-state index is -1.20. The van der Waals surface area contributed by atoms with E-state index in [2.05, 4.69) is 5.32 Å². The molecule has 0 saturated carbocycles. The molecule has 2 amide bonds. The van der Waals surface area contributed by atoms with Gasteiger partial charge >= 0.3 is 5.97 Å². The van der Waals surface area contributed by atoms with E-state index < -0.39 is 17.8 Å². The van der Waals surface area contributed by atoms with Crippen LogP contribution in [0.25, 0.3) is 0 Å². The second kappa shape index (κ2) is 4.92. The summed E-state index contributed by atoms with van der Waals surface area (Å²) in [5.41, 5.74) is 4.72. The summed E-state index contributed by atoms with van der Waals surface area (Å²) in [5, 5.41) is 11.0. The lowest BCUT2D eigenvalue weighted by Gasteiger charge is -2.05. The maximum absolute atomic E-state index is 11.5. The van der Waals surface area contributed by atoms with E-state index in [1.165, 1.54) is 24.3 Å². The van der Waals surface area contributed by atoms with Gasteiger partial charge in [0.2, 0.25) is 5.91 Å². The van der Waals surface area contributed by atoms with Crippen LogP contribution in [0.2, 0.25) is 0 Å². The third-order valence-corrected chi connectivity index (χ3v) is 1.83. The molecule has 0 aliphatic heterocycles. The maximum Gasteiger partial charge on any atom is 0.336 e. The Kier molecular flexibility index (Phi) is 3.60. The number of rotatable bonds is 4. The van der Waals surface area contributed by atoms with E-state index in [4.69, 9.17) is 10.8 Å². The first-order valence-electron chi connectivity index (χ1n) is 4.41. The molecule has 6 heteroatoms. The van der Waals surface area contributed by atoms with Crippen LogP contribution < -0.4 is 11.1 Å². The largest absolute Gasteiger partial charge is 0.478 e. The third kappa shape index (κ3) is 2.81. The number of primary amides is 1. The molecule has 0 heterocycles. The van der Waals surface area contributed by atoms with Gasteiger partial charge in [-0.3, -0.25) is 9.59 Å². The molecule has 0 bridgehead atoms.